The van der Waals surface area contributed by atoms with Crippen molar-refractivity contribution in [3.8, 4) is 11.6 Å². The molecule has 1 atom stereocenters. The third kappa shape index (κ3) is 3.40. The Morgan fingerprint density at radius 3 is 2.53 bits per heavy atom. The second-order valence-corrected chi connectivity index (χ2v) is 4.37. The molecule has 4 nitrogen and oxygen atoms in total. The van der Waals surface area contributed by atoms with Crippen LogP contribution in [-0.4, -0.2) is 9.97 Å². The molecule has 100 valence electrons. The van der Waals surface area contributed by atoms with Gasteiger partial charge in [-0.25, -0.2) is 0 Å². The van der Waals surface area contributed by atoms with Crippen molar-refractivity contribution in [2.75, 3.05) is 5.73 Å². The third-order valence-electron chi connectivity index (χ3n) is 2.97. The summed E-state index contributed by atoms with van der Waals surface area (Å²) >= 11 is 0. The van der Waals surface area contributed by atoms with E-state index < -0.39 is 5.95 Å². The zero-order valence-electron chi connectivity index (χ0n) is 10.9. The lowest BCUT2D eigenvalue weighted by Gasteiger charge is -2.10. The van der Waals surface area contributed by atoms with Crippen LogP contribution in [0.2, 0.25) is 0 Å². The number of nitrogen functional groups attached to an aromatic ring is 1. The van der Waals surface area contributed by atoms with E-state index in [0.29, 0.717) is 11.7 Å². The quantitative estimate of drug-likeness (QED) is 0.855. The summed E-state index contributed by atoms with van der Waals surface area (Å²) < 4.78 is 18.5. The number of ether oxygens (including phenoxy) is 1. The van der Waals surface area contributed by atoms with Gasteiger partial charge < -0.3 is 10.5 Å². The van der Waals surface area contributed by atoms with E-state index in [1.807, 2.05) is 24.3 Å². The third-order valence-corrected chi connectivity index (χ3v) is 2.97. The highest BCUT2D eigenvalue weighted by molar-refractivity contribution is 5.32. The average Bonchev–Trinajstić information content (AvgIpc) is 2.37. The van der Waals surface area contributed by atoms with Crippen LogP contribution in [0.25, 0.3) is 0 Å². The van der Waals surface area contributed by atoms with Gasteiger partial charge in [0.15, 0.2) is 0 Å². The Balaban J connectivity index is 2.15. The Kier molecular flexibility index (Phi) is 3.94. The topological polar surface area (TPSA) is 61.0 Å². The Labute approximate surface area is 111 Å². The number of anilines is 1. The fourth-order valence-corrected chi connectivity index (χ4v) is 1.69. The molecule has 0 spiro atoms. The number of hydrogen-bond acceptors (Lipinski definition) is 4. The molecule has 1 heterocycles. The lowest BCUT2D eigenvalue weighted by molar-refractivity contribution is 0.452. The molecule has 0 radical (unpaired) electrons. The summed E-state index contributed by atoms with van der Waals surface area (Å²) in [6.07, 6.45) is 1.08. The molecule has 2 rings (SSSR count). The number of nitrogens with zero attached hydrogens (tertiary/aromatic N) is 2. The molecular formula is C14H16FN3O. The van der Waals surface area contributed by atoms with Gasteiger partial charge in [0.05, 0.1) is 6.07 Å². The number of halogens is 1. The molecule has 2 aromatic rings. The van der Waals surface area contributed by atoms with Gasteiger partial charge in [0.25, 0.3) is 0 Å². The van der Waals surface area contributed by atoms with Crippen LogP contribution in [0.1, 0.15) is 31.7 Å². The van der Waals surface area contributed by atoms with E-state index in [1.54, 1.807) is 0 Å². The van der Waals surface area contributed by atoms with Crippen molar-refractivity contribution >= 4 is 5.95 Å². The van der Waals surface area contributed by atoms with Gasteiger partial charge in [0.1, 0.15) is 5.75 Å². The molecule has 1 unspecified atom stereocenters. The molecule has 1 aromatic heterocycles. The van der Waals surface area contributed by atoms with Gasteiger partial charge in [-0.05, 0) is 30.0 Å². The molecule has 0 bridgehead atoms. The van der Waals surface area contributed by atoms with Gasteiger partial charge in [-0.3, -0.25) is 0 Å². The highest BCUT2D eigenvalue weighted by Crippen LogP contribution is 2.24. The normalized spacial score (nSPS) is 12.2. The molecule has 0 aliphatic rings. The van der Waals surface area contributed by atoms with Crippen molar-refractivity contribution < 1.29 is 9.13 Å². The zero-order valence-corrected chi connectivity index (χ0v) is 10.9. The first-order chi connectivity index (χ1) is 9.08. The summed E-state index contributed by atoms with van der Waals surface area (Å²) in [6.45, 7) is 4.30. The Bertz CT molecular complexity index is 537. The van der Waals surface area contributed by atoms with Gasteiger partial charge in [-0.15, -0.1) is 0 Å². The predicted octanol–water partition coefficient (Wildman–Crippen LogP) is 3.50. The van der Waals surface area contributed by atoms with Crippen molar-refractivity contribution in [2.24, 2.45) is 0 Å². The molecule has 1 aromatic carbocycles. The Morgan fingerprint density at radius 2 is 1.95 bits per heavy atom. The second kappa shape index (κ2) is 5.65. The second-order valence-electron chi connectivity index (χ2n) is 4.37. The van der Waals surface area contributed by atoms with Gasteiger partial charge >= 0.3 is 0 Å². The maximum atomic E-state index is 13.0. The largest absolute Gasteiger partial charge is 0.439 e. The number of nitrogens with two attached hydrogens (primary N) is 1. The van der Waals surface area contributed by atoms with Crippen molar-refractivity contribution in [1.82, 2.24) is 9.97 Å². The molecule has 0 aliphatic heterocycles. The summed E-state index contributed by atoms with van der Waals surface area (Å²) in [5.74, 6) is 0.331. The van der Waals surface area contributed by atoms with Gasteiger partial charge in [-0.1, -0.05) is 26.0 Å². The molecule has 0 saturated carbocycles. The number of aromatic nitrogens is 2. The highest BCUT2D eigenvalue weighted by Gasteiger charge is 2.06. The maximum absolute atomic E-state index is 13.0. The highest BCUT2D eigenvalue weighted by atomic mass is 19.1. The van der Waals surface area contributed by atoms with Crippen LogP contribution in [0.3, 0.4) is 0 Å². The number of hydrogen-bond donors (Lipinski definition) is 1. The number of benzene rings is 1. The molecular weight excluding hydrogens is 245 g/mol. The zero-order chi connectivity index (χ0) is 13.8. The Morgan fingerprint density at radius 1 is 1.26 bits per heavy atom. The molecule has 0 fully saturated rings. The molecule has 0 aliphatic carbocycles. The minimum absolute atomic E-state index is 0.0984. The Hall–Kier alpha value is -2.17. The van der Waals surface area contributed by atoms with Crippen LogP contribution in [0.5, 0.6) is 11.6 Å². The first-order valence-electron chi connectivity index (χ1n) is 6.16. The van der Waals surface area contributed by atoms with Crippen LogP contribution in [-0.2, 0) is 0 Å². The van der Waals surface area contributed by atoms with E-state index in [2.05, 4.69) is 23.8 Å². The minimum atomic E-state index is -0.710. The van der Waals surface area contributed by atoms with Crippen molar-refractivity contribution in [2.45, 2.75) is 26.2 Å². The van der Waals surface area contributed by atoms with Crippen molar-refractivity contribution in [3.05, 3.63) is 41.8 Å². The molecule has 19 heavy (non-hydrogen) atoms. The fourth-order valence-electron chi connectivity index (χ4n) is 1.69. The van der Waals surface area contributed by atoms with Crippen LogP contribution in [0.15, 0.2) is 30.3 Å². The first kappa shape index (κ1) is 13.3. The fraction of sp³-hybridized carbons (Fsp3) is 0.286. The van der Waals surface area contributed by atoms with E-state index in [9.17, 15) is 4.39 Å². The van der Waals surface area contributed by atoms with E-state index in [0.717, 1.165) is 12.5 Å². The van der Waals surface area contributed by atoms with E-state index in [1.165, 1.54) is 5.56 Å². The van der Waals surface area contributed by atoms with Gasteiger partial charge in [0, 0.05) is 0 Å². The smallest absolute Gasteiger partial charge is 0.227 e. The summed E-state index contributed by atoms with van der Waals surface area (Å²) in [5.41, 5.74) is 6.59. The predicted molar refractivity (Wildman–Crippen MR) is 71.6 cm³/mol. The first-order valence-corrected chi connectivity index (χ1v) is 6.16. The molecule has 0 saturated heterocycles. The van der Waals surface area contributed by atoms with E-state index in [-0.39, 0.29) is 11.8 Å². The van der Waals surface area contributed by atoms with Crippen molar-refractivity contribution in [3.63, 3.8) is 0 Å². The van der Waals surface area contributed by atoms with Gasteiger partial charge in [0.2, 0.25) is 17.8 Å². The lowest BCUT2D eigenvalue weighted by atomic mass is 9.99. The SMILES string of the molecule is CCC(C)c1ccc(Oc2cc(F)nc(N)n2)cc1. The monoisotopic (exact) mass is 261 g/mol. The standard InChI is InChI=1S/C14H16FN3O/c1-3-9(2)10-4-6-11(7-5-10)19-13-8-12(15)17-14(16)18-13/h4-9H,3H2,1-2H3,(H2,16,17,18). The maximum Gasteiger partial charge on any atom is 0.227 e. The number of rotatable bonds is 4. The summed E-state index contributed by atoms with van der Waals surface area (Å²) in [5, 5.41) is 0. The van der Waals surface area contributed by atoms with E-state index in [4.69, 9.17) is 10.5 Å². The van der Waals surface area contributed by atoms with Gasteiger partial charge in [-0.2, -0.15) is 14.4 Å². The molecule has 0 amide bonds. The lowest BCUT2D eigenvalue weighted by Crippen LogP contribution is -1.99. The minimum Gasteiger partial charge on any atom is -0.439 e. The van der Waals surface area contributed by atoms with E-state index >= 15 is 0 Å². The van der Waals surface area contributed by atoms with Crippen LogP contribution >= 0.6 is 0 Å². The van der Waals surface area contributed by atoms with Crippen LogP contribution in [0.4, 0.5) is 10.3 Å². The van der Waals surface area contributed by atoms with Crippen LogP contribution in [0, 0.1) is 5.95 Å². The molecule has 5 heteroatoms. The van der Waals surface area contributed by atoms with Crippen molar-refractivity contribution in [1.29, 1.82) is 0 Å². The summed E-state index contributed by atoms with van der Waals surface area (Å²) in [4.78, 5) is 7.15. The molecule has 2 N–H and O–H groups in total. The summed E-state index contributed by atoms with van der Waals surface area (Å²) in [7, 11) is 0. The summed E-state index contributed by atoms with van der Waals surface area (Å²) in [6, 6.07) is 8.74. The average molecular weight is 261 g/mol. The van der Waals surface area contributed by atoms with Crippen LogP contribution < -0.4 is 10.5 Å².